The molecular formula is C20H31N3O2. The topological polar surface area (TPSA) is 44.8 Å². The number of amides is 1. The summed E-state index contributed by atoms with van der Waals surface area (Å²) >= 11 is 0. The average Bonchev–Trinajstić information content (AvgIpc) is 2.96. The lowest BCUT2D eigenvalue weighted by atomic mass is 10.1. The first-order valence-corrected chi connectivity index (χ1v) is 9.71. The summed E-state index contributed by atoms with van der Waals surface area (Å²) in [6, 6.07) is 6.67. The van der Waals surface area contributed by atoms with Crippen LogP contribution in [-0.4, -0.2) is 43.7 Å². The Morgan fingerprint density at radius 2 is 2.20 bits per heavy atom. The highest BCUT2D eigenvalue weighted by Crippen LogP contribution is 2.32. The molecule has 2 aliphatic rings. The van der Waals surface area contributed by atoms with Gasteiger partial charge in [0, 0.05) is 38.4 Å². The molecule has 0 radical (unpaired) electrons. The van der Waals surface area contributed by atoms with E-state index in [2.05, 4.69) is 35.2 Å². The number of anilines is 1. The molecule has 5 nitrogen and oxygen atoms in total. The van der Waals surface area contributed by atoms with Gasteiger partial charge in [0.05, 0.1) is 0 Å². The zero-order valence-electron chi connectivity index (χ0n) is 15.6. The minimum absolute atomic E-state index is 0.350. The van der Waals surface area contributed by atoms with Crippen LogP contribution in [0.1, 0.15) is 51.0 Å². The van der Waals surface area contributed by atoms with Crippen molar-refractivity contribution in [2.24, 2.45) is 0 Å². The van der Waals surface area contributed by atoms with Crippen molar-refractivity contribution in [1.29, 1.82) is 0 Å². The van der Waals surface area contributed by atoms with Gasteiger partial charge in [-0.05, 0) is 49.6 Å². The lowest BCUT2D eigenvalue weighted by Gasteiger charge is -2.24. The van der Waals surface area contributed by atoms with Crippen molar-refractivity contribution in [2.75, 3.05) is 31.6 Å². The molecule has 1 fully saturated rings. The molecule has 1 unspecified atom stereocenters. The Morgan fingerprint density at radius 3 is 3.04 bits per heavy atom. The molecule has 25 heavy (non-hydrogen) atoms. The average molecular weight is 345 g/mol. The Kier molecular flexibility index (Phi) is 6.19. The largest absolute Gasteiger partial charge is 0.412 e. The van der Waals surface area contributed by atoms with Crippen molar-refractivity contribution in [3.05, 3.63) is 23.8 Å². The molecule has 0 aliphatic carbocycles. The lowest BCUT2D eigenvalue weighted by molar-refractivity contribution is 0.200. The van der Waals surface area contributed by atoms with Crippen molar-refractivity contribution in [1.82, 2.24) is 10.2 Å². The van der Waals surface area contributed by atoms with E-state index in [1.807, 2.05) is 12.1 Å². The number of rotatable bonds is 6. The smallest absolute Gasteiger partial charge is 0.410 e. The number of benzene rings is 1. The second-order valence-corrected chi connectivity index (χ2v) is 7.31. The van der Waals surface area contributed by atoms with E-state index in [0.29, 0.717) is 18.3 Å². The van der Waals surface area contributed by atoms with Crippen molar-refractivity contribution in [2.45, 2.75) is 58.0 Å². The van der Waals surface area contributed by atoms with Gasteiger partial charge in [0.15, 0.2) is 0 Å². The van der Waals surface area contributed by atoms with E-state index < -0.39 is 0 Å². The maximum atomic E-state index is 12.0. The van der Waals surface area contributed by atoms with E-state index in [4.69, 9.17) is 4.74 Å². The SMILES string of the molecule is CCCCCCNC(=O)Oc1ccc2c(c1)CN1CCCC1CN2C. The normalized spacial score (nSPS) is 19.9. The number of carbonyl (C=O) groups is 1. The molecule has 5 heteroatoms. The molecule has 1 aromatic rings. The Bertz CT molecular complexity index is 590. The number of hydrogen-bond donors (Lipinski definition) is 1. The summed E-state index contributed by atoms with van der Waals surface area (Å²) in [4.78, 5) is 16.9. The van der Waals surface area contributed by atoms with Crippen molar-refractivity contribution in [3.8, 4) is 5.75 Å². The van der Waals surface area contributed by atoms with Gasteiger partial charge in [0.2, 0.25) is 0 Å². The molecular weight excluding hydrogens is 314 g/mol. The molecule has 138 valence electrons. The molecule has 1 atom stereocenters. The van der Waals surface area contributed by atoms with Gasteiger partial charge < -0.3 is 15.0 Å². The molecule has 1 N–H and O–H groups in total. The first kappa shape index (κ1) is 18.1. The first-order chi connectivity index (χ1) is 12.2. The maximum Gasteiger partial charge on any atom is 0.412 e. The first-order valence-electron chi connectivity index (χ1n) is 9.71. The van der Waals surface area contributed by atoms with Crippen LogP contribution in [0.3, 0.4) is 0 Å². The third kappa shape index (κ3) is 4.66. The third-order valence-electron chi connectivity index (χ3n) is 5.33. The zero-order valence-corrected chi connectivity index (χ0v) is 15.6. The highest BCUT2D eigenvalue weighted by Gasteiger charge is 2.30. The quantitative estimate of drug-likeness (QED) is 0.797. The Morgan fingerprint density at radius 1 is 1.32 bits per heavy atom. The molecule has 2 heterocycles. The summed E-state index contributed by atoms with van der Waals surface area (Å²) in [7, 11) is 2.16. The molecule has 1 amide bonds. The highest BCUT2D eigenvalue weighted by atomic mass is 16.6. The van der Waals surface area contributed by atoms with Crippen molar-refractivity contribution >= 4 is 11.8 Å². The van der Waals surface area contributed by atoms with E-state index in [0.717, 1.165) is 25.9 Å². The van der Waals surface area contributed by atoms with Gasteiger partial charge in [0.1, 0.15) is 5.75 Å². The van der Waals surface area contributed by atoms with Gasteiger partial charge >= 0.3 is 6.09 Å². The molecule has 0 spiro atoms. The van der Waals surface area contributed by atoms with Crippen LogP contribution in [0.15, 0.2) is 18.2 Å². The van der Waals surface area contributed by atoms with Crippen LogP contribution in [-0.2, 0) is 6.54 Å². The lowest BCUT2D eigenvalue weighted by Crippen LogP contribution is -2.35. The minimum Gasteiger partial charge on any atom is -0.410 e. The fraction of sp³-hybridized carbons (Fsp3) is 0.650. The van der Waals surface area contributed by atoms with Crippen LogP contribution in [0, 0.1) is 0 Å². The molecule has 0 aromatic heterocycles. The van der Waals surface area contributed by atoms with Crippen molar-refractivity contribution < 1.29 is 9.53 Å². The molecule has 3 rings (SSSR count). The number of hydrogen-bond acceptors (Lipinski definition) is 4. The molecule has 2 aliphatic heterocycles. The number of unbranched alkanes of at least 4 members (excludes halogenated alkanes) is 3. The van der Waals surface area contributed by atoms with Gasteiger partial charge in [-0.3, -0.25) is 4.90 Å². The Labute approximate surface area is 151 Å². The molecule has 0 bridgehead atoms. The van der Waals surface area contributed by atoms with E-state index in [1.165, 1.54) is 43.5 Å². The number of carbonyl (C=O) groups excluding carboxylic acids is 1. The van der Waals surface area contributed by atoms with E-state index in [-0.39, 0.29) is 6.09 Å². The number of likely N-dealkylation sites (N-methyl/N-ethyl adjacent to an activating group) is 1. The summed E-state index contributed by atoms with van der Waals surface area (Å²) in [6.07, 6.45) is 6.79. The van der Waals surface area contributed by atoms with E-state index >= 15 is 0 Å². The van der Waals surface area contributed by atoms with Crippen molar-refractivity contribution in [3.63, 3.8) is 0 Å². The predicted octanol–water partition coefficient (Wildman–Crippen LogP) is 3.77. The molecule has 1 saturated heterocycles. The zero-order chi connectivity index (χ0) is 17.6. The van der Waals surface area contributed by atoms with Crippen LogP contribution in [0.2, 0.25) is 0 Å². The maximum absolute atomic E-state index is 12.0. The summed E-state index contributed by atoms with van der Waals surface area (Å²) in [5.41, 5.74) is 2.50. The van der Waals surface area contributed by atoms with Crippen LogP contribution in [0.5, 0.6) is 5.75 Å². The molecule has 1 aromatic carbocycles. The summed E-state index contributed by atoms with van der Waals surface area (Å²) < 4.78 is 5.49. The fourth-order valence-corrected chi connectivity index (χ4v) is 3.95. The van der Waals surface area contributed by atoms with E-state index in [9.17, 15) is 4.79 Å². The fourth-order valence-electron chi connectivity index (χ4n) is 3.95. The van der Waals surface area contributed by atoms with Crippen LogP contribution in [0.4, 0.5) is 10.5 Å². The second-order valence-electron chi connectivity index (χ2n) is 7.31. The highest BCUT2D eigenvalue weighted by molar-refractivity contribution is 5.71. The van der Waals surface area contributed by atoms with Crippen LogP contribution in [0.25, 0.3) is 0 Å². The standard InChI is InChI=1S/C20H31N3O2/c1-3-4-5-6-11-21-20(24)25-18-9-10-19-16(13-18)14-23-12-7-8-17(23)15-22(19)2/h9-10,13,17H,3-8,11-12,14-15H2,1-2H3,(H,21,24). The van der Waals surface area contributed by atoms with Gasteiger partial charge in [0.25, 0.3) is 0 Å². The molecule has 0 saturated carbocycles. The van der Waals surface area contributed by atoms with Gasteiger partial charge in [-0.1, -0.05) is 26.2 Å². The Balaban J connectivity index is 1.58. The van der Waals surface area contributed by atoms with Crippen LogP contribution >= 0.6 is 0 Å². The second kappa shape index (κ2) is 8.56. The number of nitrogens with one attached hydrogen (secondary N) is 1. The van der Waals surface area contributed by atoms with Crippen LogP contribution < -0.4 is 15.0 Å². The number of fused-ring (bicyclic) bond motifs is 2. The van der Waals surface area contributed by atoms with Gasteiger partial charge in [-0.25, -0.2) is 4.79 Å². The number of nitrogens with zero attached hydrogens (tertiary/aromatic N) is 2. The third-order valence-corrected chi connectivity index (χ3v) is 5.33. The summed E-state index contributed by atoms with van der Waals surface area (Å²) in [5, 5.41) is 2.85. The van der Waals surface area contributed by atoms with Gasteiger partial charge in [-0.15, -0.1) is 0 Å². The van der Waals surface area contributed by atoms with E-state index in [1.54, 1.807) is 0 Å². The van der Waals surface area contributed by atoms with Gasteiger partial charge in [-0.2, -0.15) is 0 Å². The monoisotopic (exact) mass is 345 g/mol. The Hall–Kier alpha value is -1.75. The summed E-state index contributed by atoms with van der Waals surface area (Å²) in [5.74, 6) is 0.635. The minimum atomic E-state index is -0.350. The number of ether oxygens (including phenoxy) is 1. The predicted molar refractivity (Wildman–Crippen MR) is 101 cm³/mol. The summed E-state index contributed by atoms with van der Waals surface area (Å²) in [6.45, 7) is 6.05.